The molecule has 2 atom stereocenters. The van der Waals surface area contributed by atoms with Crippen molar-refractivity contribution < 1.29 is 14.9 Å². The number of nitrogens with zero attached hydrogens (tertiary/aromatic N) is 1. The van der Waals surface area contributed by atoms with Crippen molar-refractivity contribution in [1.82, 2.24) is 4.90 Å². The summed E-state index contributed by atoms with van der Waals surface area (Å²) in [5, 5.41) is 19.6. The molecule has 2 rings (SSSR count). The number of likely N-dealkylation sites (tertiary alicyclic amines) is 1. The fraction of sp³-hybridized carbons (Fsp3) is 0.600. The second-order valence-electron chi connectivity index (χ2n) is 5.33. The van der Waals surface area contributed by atoms with Crippen molar-refractivity contribution in [2.75, 3.05) is 26.2 Å². The summed E-state index contributed by atoms with van der Waals surface area (Å²) >= 11 is 0. The number of hydrogen-bond donors (Lipinski definition) is 3. The Hall–Kier alpha value is -1.14. The molecule has 0 aromatic heterocycles. The van der Waals surface area contributed by atoms with Gasteiger partial charge in [-0.1, -0.05) is 18.2 Å². The smallest absolute Gasteiger partial charge is 0.123 e. The molecule has 2 unspecified atom stereocenters. The van der Waals surface area contributed by atoms with Gasteiger partial charge >= 0.3 is 0 Å². The number of benzene rings is 1. The Morgan fingerprint density at radius 3 is 2.95 bits per heavy atom. The predicted octanol–water partition coefficient (Wildman–Crippen LogP) is 0.342. The Kier molecular flexibility index (Phi) is 5.79. The van der Waals surface area contributed by atoms with E-state index in [2.05, 4.69) is 4.90 Å². The molecule has 0 saturated carbocycles. The summed E-state index contributed by atoms with van der Waals surface area (Å²) in [6, 6.07) is 7.59. The number of piperidine rings is 1. The van der Waals surface area contributed by atoms with Crippen LogP contribution in [0.2, 0.25) is 0 Å². The Balaban J connectivity index is 1.78. The molecule has 0 radical (unpaired) electrons. The zero-order chi connectivity index (χ0) is 14.4. The van der Waals surface area contributed by atoms with Crippen LogP contribution in [0.1, 0.15) is 18.4 Å². The van der Waals surface area contributed by atoms with E-state index in [-0.39, 0.29) is 12.7 Å². The average Bonchev–Trinajstić information content (AvgIpc) is 2.45. The van der Waals surface area contributed by atoms with Gasteiger partial charge in [-0.05, 0) is 25.5 Å². The number of nitrogens with two attached hydrogens (primary N) is 1. The third kappa shape index (κ3) is 4.45. The van der Waals surface area contributed by atoms with Crippen LogP contribution < -0.4 is 10.5 Å². The highest BCUT2D eigenvalue weighted by Gasteiger charge is 2.20. The van der Waals surface area contributed by atoms with Crippen LogP contribution in [-0.2, 0) is 6.54 Å². The Bertz CT molecular complexity index is 414. The number of β-amino-alcohol motifs (C(OH)–C–C–N with tert-alkyl or cyclic N) is 2. The van der Waals surface area contributed by atoms with Crippen LogP contribution in [-0.4, -0.2) is 53.6 Å². The summed E-state index contributed by atoms with van der Waals surface area (Å²) in [6.45, 7) is 2.75. The summed E-state index contributed by atoms with van der Waals surface area (Å²) in [6.07, 6.45) is 0.999. The van der Waals surface area contributed by atoms with Crippen molar-refractivity contribution >= 4 is 0 Å². The topological polar surface area (TPSA) is 79.0 Å². The van der Waals surface area contributed by atoms with E-state index in [0.717, 1.165) is 30.7 Å². The third-order valence-corrected chi connectivity index (χ3v) is 3.57. The van der Waals surface area contributed by atoms with E-state index in [4.69, 9.17) is 10.5 Å². The van der Waals surface area contributed by atoms with E-state index < -0.39 is 6.10 Å². The van der Waals surface area contributed by atoms with Gasteiger partial charge in [-0.15, -0.1) is 0 Å². The number of para-hydroxylation sites is 1. The first-order valence-electron chi connectivity index (χ1n) is 7.18. The Morgan fingerprint density at radius 1 is 1.40 bits per heavy atom. The lowest BCUT2D eigenvalue weighted by atomic mass is 10.1. The van der Waals surface area contributed by atoms with Crippen molar-refractivity contribution in [2.24, 2.45) is 5.73 Å². The maximum Gasteiger partial charge on any atom is 0.123 e. The van der Waals surface area contributed by atoms with E-state index in [9.17, 15) is 10.2 Å². The molecule has 20 heavy (non-hydrogen) atoms. The van der Waals surface area contributed by atoms with Gasteiger partial charge in [0.05, 0.1) is 6.10 Å². The lowest BCUT2D eigenvalue weighted by molar-refractivity contribution is 0.0242. The molecule has 1 heterocycles. The maximum absolute atomic E-state index is 10.0. The zero-order valence-electron chi connectivity index (χ0n) is 11.7. The molecular formula is C15H24N2O3. The molecule has 5 heteroatoms. The van der Waals surface area contributed by atoms with Gasteiger partial charge in [0, 0.05) is 25.2 Å². The summed E-state index contributed by atoms with van der Waals surface area (Å²) in [4.78, 5) is 2.08. The van der Waals surface area contributed by atoms with Crippen molar-refractivity contribution in [3.8, 4) is 5.75 Å². The predicted molar refractivity (Wildman–Crippen MR) is 77.5 cm³/mol. The average molecular weight is 280 g/mol. The van der Waals surface area contributed by atoms with Crippen molar-refractivity contribution in [3.63, 3.8) is 0 Å². The first-order valence-corrected chi connectivity index (χ1v) is 7.18. The minimum absolute atomic E-state index is 0.240. The highest BCUT2D eigenvalue weighted by Crippen LogP contribution is 2.17. The number of hydrogen-bond acceptors (Lipinski definition) is 5. The summed E-state index contributed by atoms with van der Waals surface area (Å²) in [7, 11) is 0. The van der Waals surface area contributed by atoms with Crippen LogP contribution in [0.3, 0.4) is 0 Å². The van der Waals surface area contributed by atoms with Crippen LogP contribution in [0.5, 0.6) is 5.75 Å². The van der Waals surface area contributed by atoms with Gasteiger partial charge in [-0.25, -0.2) is 0 Å². The number of aliphatic hydroxyl groups excluding tert-OH is 2. The van der Waals surface area contributed by atoms with Crippen molar-refractivity contribution in [3.05, 3.63) is 29.8 Å². The number of ether oxygens (including phenoxy) is 1. The SMILES string of the molecule is NCc1ccccc1OCC(O)CN1CCCC(O)C1. The molecule has 5 nitrogen and oxygen atoms in total. The zero-order valence-corrected chi connectivity index (χ0v) is 11.7. The molecule has 1 fully saturated rings. The van der Waals surface area contributed by atoms with Crippen LogP contribution in [0.4, 0.5) is 0 Å². The number of rotatable bonds is 6. The minimum Gasteiger partial charge on any atom is -0.491 e. The second-order valence-corrected chi connectivity index (χ2v) is 5.33. The molecule has 1 aromatic rings. The number of aliphatic hydroxyl groups is 2. The maximum atomic E-state index is 10.0. The van der Waals surface area contributed by atoms with Crippen molar-refractivity contribution in [2.45, 2.75) is 31.6 Å². The van der Waals surface area contributed by atoms with E-state index in [1.165, 1.54) is 0 Å². The molecule has 0 aliphatic carbocycles. The molecule has 0 amide bonds. The first-order chi connectivity index (χ1) is 9.69. The van der Waals surface area contributed by atoms with E-state index in [1.54, 1.807) is 0 Å². The van der Waals surface area contributed by atoms with Gasteiger partial charge in [0.1, 0.15) is 18.5 Å². The molecule has 1 aliphatic heterocycles. The first kappa shape index (κ1) is 15.3. The lowest BCUT2D eigenvalue weighted by Crippen LogP contribution is -2.43. The quantitative estimate of drug-likeness (QED) is 0.700. The normalized spacial score (nSPS) is 21.6. The fourth-order valence-corrected chi connectivity index (χ4v) is 2.55. The van der Waals surface area contributed by atoms with Crippen molar-refractivity contribution in [1.29, 1.82) is 0 Å². The van der Waals surface area contributed by atoms with Gasteiger partial charge < -0.3 is 20.7 Å². The van der Waals surface area contributed by atoms with Gasteiger partial charge in [0.25, 0.3) is 0 Å². The fourth-order valence-electron chi connectivity index (χ4n) is 2.55. The van der Waals surface area contributed by atoms with Crippen LogP contribution in [0, 0.1) is 0 Å². The van der Waals surface area contributed by atoms with Gasteiger partial charge in [-0.3, -0.25) is 4.90 Å². The van der Waals surface area contributed by atoms with Crippen LogP contribution in [0.15, 0.2) is 24.3 Å². The van der Waals surface area contributed by atoms with Gasteiger partial charge in [0.15, 0.2) is 0 Å². The highest BCUT2D eigenvalue weighted by atomic mass is 16.5. The molecular weight excluding hydrogens is 256 g/mol. The van der Waals surface area contributed by atoms with E-state index in [0.29, 0.717) is 19.6 Å². The summed E-state index contributed by atoms with van der Waals surface area (Å²) < 4.78 is 5.64. The molecule has 1 saturated heterocycles. The van der Waals surface area contributed by atoms with E-state index in [1.807, 2.05) is 24.3 Å². The van der Waals surface area contributed by atoms with Gasteiger partial charge in [0.2, 0.25) is 0 Å². The van der Waals surface area contributed by atoms with E-state index >= 15 is 0 Å². The molecule has 112 valence electrons. The molecule has 0 spiro atoms. The summed E-state index contributed by atoms with van der Waals surface area (Å²) in [5.41, 5.74) is 6.58. The van der Waals surface area contributed by atoms with Crippen LogP contribution >= 0.6 is 0 Å². The lowest BCUT2D eigenvalue weighted by Gasteiger charge is -2.31. The highest BCUT2D eigenvalue weighted by molar-refractivity contribution is 5.32. The molecule has 1 aromatic carbocycles. The molecule has 0 bridgehead atoms. The molecule has 1 aliphatic rings. The Morgan fingerprint density at radius 2 is 2.20 bits per heavy atom. The minimum atomic E-state index is -0.564. The van der Waals surface area contributed by atoms with Gasteiger partial charge in [-0.2, -0.15) is 0 Å². The molecule has 4 N–H and O–H groups in total. The Labute approximate surface area is 120 Å². The monoisotopic (exact) mass is 280 g/mol. The largest absolute Gasteiger partial charge is 0.491 e. The van der Waals surface area contributed by atoms with Crippen LogP contribution in [0.25, 0.3) is 0 Å². The third-order valence-electron chi connectivity index (χ3n) is 3.57. The second kappa shape index (κ2) is 7.59. The summed E-state index contributed by atoms with van der Waals surface area (Å²) in [5.74, 6) is 0.729. The standard InChI is InChI=1S/C15H24N2O3/c16-8-12-4-1-2-6-15(12)20-11-14(19)10-17-7-3-5-13(18)9-17/h1-2,4,6,13-14,18-19H,3,5,7-11,16H2.